The van der Waals surface area contributed by atoms with Crippen LogP contribution in [0.2, 0.25) is 0 Å². The lowest BCUT2D eigenvalue weighted by molar-refractivity contribution is 0.164. The maximum atomic E-state index is 5.56. The molecule has 0 saturated heterocycles. The molecule has 2 aliphatic heterocycles. The Hall–Kier alpha value is -1.66. The first-order valence-electron chi connectivity index (χ1n) is 6.60. The van der Waals surface area contributed by atoms with E-state index in [1.165, 1.54) is 11.1 Å². The van der Waals surface area contributed by atoms with Gasteiger partial charge in [-0.1, -0.05) is 0 Å². The molecule has 0 amide bonds. The average Bonchev–Trinajstić information content (AvgIpc) is 2.95. The van der Waals surface area contributed by atoms with Crippen molar-refractivity contribution in [1.29, 1.82) is 0 Å². The van der Waals surface area contributed by atoms with Crippen molar-refractivity contribution in [3.63, 3.8) is 0 Å². The first-order valence-corrected chi connectivity index (χ1v) is 7.37. The molecule has 0 atom stereocenters. The number of fused-ring (bicyclic) bond motifs is 2. The summed E-state index contributed by atoms with van der Waals surface area (Å²) in [6.07, 6.45) is 6.22. The molecule has 0 aliphatic carbocycles. The number of hydrogen-bond acceptors (Lipinski definition) is 5. The van der Waals surface area contributed by atoms with Crippen molar-refractivity contribution in [2.75, 3.05) is 20.3 Å². The van der Waals surface area contributed by atoms with Crippen LogP contribution in [0.15, 0.2) is 29.6 Å². The molecule has 2 aromatic rings. The average molecular weight is 289 g/mol. The minimum Gasteiger partial charge on any atom is -0.484 e. The van der Waals surface area contributed by atoms with Gasteiger partial charge >= 0.3 is 0 Å². The molecule has 20 heavy (non-hydrogen) atoms. The lowest BCUT2D eigenvalue weighted by Gasteiger charge is -2.17. The fourth-order valence-corrected chi connectivity index (χ4v) is 3.44. The van der Waals surface area contributed by atoms with Gasteiger partial charge < -0.3 is 9.47 Å². The molecule has 0 spiro atoms. The van der Waals surface area contributed by atoms with Crippen LogP contribution in [-0.4, -0.2) is 34.1 Å². The predicted molar refractivity (Wildman–Crippen MR) is 76.1 cm³/mol. The molecule has 104 valence electrons. The van der Waals surface area contributed by atoms with Gasteiger partial charge in [0.05, 0.1) is 4.90 Å². The number of aromatic nitrogens is 2. The van der Waals surface area contributed by atoms with Gasteiger partial charge in [-0.3, -0.25) is 8.87 Å². The first kappa shape index (κ1) is 12.1. The minimum absolute atomic E-state index is 0.574. The van der Waals surface area contributed by atoms with Crippen LogP contribution < -0.4 is 9.47 Å². The topological polar surface area (TPSA) is 39.5 Å². The summed E-state index contributed by atoms with van der Waals surface area (Å²) >= 11 is 1.65. The van der Waals surface area contributed by atoms with Crippen LogP contribution in [0.1, 0.15) is 11.1 Å². The standard InChI is InChI=1S/C14H15N3O2S/c1-16-6-10-8-17(9-11(10)7-16)20-12-4-13-14(15-5-12)19-3-2-18-13/h4-5,8-9H,2-3,6-7H2,1H3. The van der Waals surface area contributed by atoms with E-state index in [2.05, 4.69) is 33.3 Å². The third-order valence-electron chi connectivity index (χ3n) is 3.44. The smallest absolute Gasteiger partial charge is 0.257 e. The summed E-state index contributed by atoms with van der Waals surface area (Å²) in [7, 11) is 2.14. The Balaban J connectivity index is 1.56. The second-order valence-electron chi connectivity index (χ2n) is 5.10. The lowest BCUT2D eigenvalue weighted by Crippen LogP contribution is -2.16. The SMILES string of the molecule is CN1Cc2cn(Sc3cnc4c(c3)OCCO4)cc2C1. The van der Waals surface area contributed by atoms with Crippen LogP contribution in [0.3, 0.4) is 0 Å². The molecule has 0 fully saturated rings. The first-order chi connectivity index (χ1) is 9.78. The second-order valence-corrected chi connectivity index (χ2v) is 6.18. The zero-order chi connectivity index (χ0) is 13.5. The summed E-state index contributed by atoms with van der Waals surface area (Å²) in [5, 5.41) is 0. The number of ether oxygens (including phenoxy) is 2. The van der Waals surface area contributed by atoms with E-state index < -0.39 is 0 Å². The summed E-state index contributed by atoms with van der Waals surface area (Å²) in [4.78, 5) is 7.66. The van der Waals surface area contributed by atoms with E-state index >= 15 is 0 Å². The van der Waals surface area contributed by atoms with Crippen LogP contribution in [0.5, 0.6) is 11.6 Å². The van der Waals surface area contributed by atoms with Crippen LogP contribution >= 0.6 is 11.9 Å². The van der Waals surface area contributed by atoms with Crippen molar-refractivity contribution in [3.05, 3.63) is 35.8 Å². The molecular weight excluding hydrogens is 274 g/mol. The maximum absolute atomic E-state index is 5.56. The van der Waals surface area contributed by atoms with E-state index in [4.69, 9.17) is 9.47 Å². The van der Waals surface area contributed by atoms with Gasteiger partial charge in [0.15, 0.2) is 5.75 Å². The van der Waals surface area contributed by atoms with Gasteiger partial charge in [0.1, 0.15) is 13.2 Å². The van der Waals surface area contributed by atoms with Gasteiger partial charge in [0.2, 0.25) is 0 Å². The largest absolute Gasteiger partial charge is 0.484 e. The van der Waals surface area contributed by atoms with Gasteiger partial charge in [-0.15, -0.1) is 0 Å². The normalized spacial score (nSPS) is 17.2. The van der Waals surface area contributed by atoms with Gasteiger partial charge in [0, 0.05) is 37.7 Å². The monoisotopic (exact) mass is 289 g/mol. The summed E-state index contributed by atoms with van der Waals surface area (Å²) in [5.41, 5.74) is 2.82. The van der Waals surface area contributed by atoms with Gasteiger partial charge in [-0.25, -0.2) is 4.98 Å². The summed E-state index contributed by atoms with van der Waals surface area (Å²) < 4.78 is 13.1. The van der Waals surface area contributed by atoms with Crippen LogP contribution in [0, 0.1) is 0 Å². The number of pyridine rings is 1. The van der Waals surface area contributed by atoms with Gasteiger partial charge in [-0.05, 0) is 30.1 Å². The molecule has 4 rings (SSSR count). The van der Waals surface area contributed by atoms with E-state index in [1.54, 1.807) is 11.9 Å². The fourth-order valence-electron chi connectivity index (χ4n) is 2.57. The minimum atomic E-state index is 0.574. The molecule has 0 radical (unpaired) electrons. The summed E-state index contributed by atoms with van der Waals surface area (Å²) in [5.74, 6) is 1.33. The molecule has 6 heteroatoms. The van der Waals surface area contributed by atoms with Crippen molar-refractivity contribution in [3.8, 4) is 11.6 Å². The van der Waals surface area contributed by atoms with Crippen molar-refractivity contribution < 1.29 is 9.47 Å². The molecule has 0 bridgehead atoms. The van der Waals surface area contributed by atoms with Crippen molar-refractivity contribution in [1.82, 2.24) is 13.9 Å². The molecule has 0 saturated carbocycles. The zero-order valence-electron chi connectivity index (χ0n) is 11.2. The zero-order valence-corrected chi connectivity index (χ0v) is 12.0. The third-order valence-corrected chi connectivity index (χ3v) is 4.30. The third kappa shape index (κ3) is 2.14. The Labute approximate surface area is 121 Å². The lowest BCUT2D eigenvalue weighted by atomic mass is 10.2. The molecule has 5 nitrogen and oxygen atoms in total. The van der Waals surface area contributed by atoms with Crippen LogP contribution in [0.25, 0.3) is 0 Å². The van der Waals surface area contributed by atoms with E-state index in [0.717, 1.165) is 23.7 Å². The second kappa shape index (κ2) is 4.71. The van der Waals surface area contributed by atoms with Crippen molar-refractivity contribution >= 4 is 11.9 Å². The molecule has 0 aromatic carbocycles. The summed E-state index contributed by atoms with van der Waals surface area (Å²) in [6.45, 7) is 3.22. The Bertz CT molecular complexity index is 632. The predicted octanol–water partition coefficient (Wildman–Crippen LogP) is 2.16. The van der Waals surface area contributed by atoms with Crippen molar-refractivity contribution in [2.24, 2.45) is 0 Å². The van der Waals surface area contributed by atoms with E-state index in [1.807, 2.05) is 12.3 Å². The number of nitrogens with zero attached hydrogens (tertiary/aromatic N) is 3. The maximum Gasteiger partial charge on any atom is 0.257 e. The molecule has 2 aliphatic rings. The molecule has 0 unspecified atom stereocenters. The van der Waals surface area contributed by atoms with Crippen LogP contribution in [-0.2, 0) is 13.1 Å². The highest BCUT2D eigenvalue weighted by atomic mass is 32.2. The molecule has 0 N–H and O–H groups in total. The molecule has 2 aromatic heterocycles. The van der Waals surface area contributed by atoms with E-state index in [0.29, 0.717) is 19.1 Å². The van der Waals surface area contributed by atoms with Crippen molar-refractivity contribution in [2.45, 2.75) is 18.0 Å². The van der Waals surface area contributed by atoms with E-state index in [-0.39, 0.29) is 0 Å². The molecule has 4 heterocycles. The van der Waals surface area contributed by atoms with Gasteiger partial charge in [0.25, 0.3) is 5.88 Å². The highest BCUT2D eigenvalue weighted by molar-refractivity contribution is 7.97. The van der Waals surface area contributed by atoms with Gasteiger partial charge in [-0.2, -0.15) is 0 Å². The number of hydrogen-bond donors (Lipinski definition) is 0. The Kier molecular flexibility index (Phi) is 2.85. The number of rotatable bonds is 2. The Morgan fingerprint density at radius 3 is 2.70 bits per heavy atom. The quantitative estimate of drug-likeness (QED) is 0.847. The highest BCUT2D eigenvalue weighted by Crippen LogP contribution is 2.33. The van der Waals surface area contributed by atoms with Crippen LogP contribution in [0.4, 0.5) is 0 Å². The highest BCUT2D eigenvalue weighted by Gasteiger charge is 2.18. The Morgan fingerprint density at radius 2 is 1.90 bits per heavy atom. The van der Waals surface area contributed by atoms with E-state index in [9.17, 15) is 0 Å². The Morgan fingerprint density at radius 1 is 1.15 bits per heavy atom. The molecular formula is C14H15N3O2S. The summed E-state index contributed by atoms with van der Waals surface area (Å²) in [6, 6.07) is 1.99. The fraction of sp³-hybridized carbons (Fsp3) is 0.357.